The van der Waals surface area contributed by atoms with Crippen molar-refractivity contribution < 1.29 is 8.42 Å². The molecular formula is C27H32BrN7O2S. The van der Waals surface area contributed by atoms with Crippen LogP contribution in [0.4, 0.5) is 11.6 Å². The molecule has 0 unspecified atom stereocenters. The van der Waals surface area contributed by atoms with Gasteiger partial charge in [-0.1, -0.05) is 30.7 Å². The van der Waals surface area contributed by atoms with Crippen LogP contribution in [0.5, 0.6) is 0 Å². The fourth-order valence-corrected chi connectivity index (χ4v) is 7.01. The number of aromatic nitrogens is 4. The molecular weight excluding hydrogens is 566 g/mol. The Hall–Kier alpha value is -3.02. The summed E-state index contributed by atoms with van der Waals surface area (Å²) in [6.45, 7) is 10.2. The Balaban J connectivity index is 1.48. The molecule has 38 heavy (non-hydrogen) atoms. The number of halogens is 1. The van der Waals surface area contributed by atoms with E-state index in [4.69, 9.17) is 4.98 Å². The summed E-state index contributed by atoms with van der Waals surface area (Å²) in [5, 5.41) is 7.67. The van der Waals surface area contributed by atoms with E-state index in [0.717, 1.165) is 36.6 Å². The Morgan fingerprint density at radius 1 is 1.11 bits per heavy atom. The maximum absolute atomic E-state index is 13.5. The lowest BCUT2D eigenvalue weighted by atomic mass is 10.1. The predicted molar refractivity (Wildman–Crippen MR) is 154 cm³/mol. The molecule has 200 valence electrons. The van der Waals surface area contributed by atoms with Crippen LogP contribution in [-0.2, 0) is 10.0 Å². The van der Waals surface area contributed by atoms with Gasteiger partial charge in [-0.3, -0.25) is 0 Å². The fourth-order valence-electron chi connectivity index (χ4n) is 4.98. The van der Waals surface area contributed by atoms with Crippen LogP contribution in [0.2, 0.25) is 0 Å². The van der Waals surface area contributed by atoms with Gasteiger partial charge in [-0.05, 0) is 67.4 Å². The van der Waals surface area contributed by atoms with Gasteiger partial charge >= 0.3 is 0 Å². The Kier molecular flexibility index (Phi) is 7.43. The van der Waals surface area contributed by atoms with Crippen LogP contribution in [0.25, 0.3) is 11.0 Å². The minimum absolute atomic E-state index is 0.130. The molecule has 9 nitrogen and oxygen atoms in total. The van der Waals surface area contributed by atoms with Gasteiger partial charge in [0.2, 0.25) is 0 Å². The first kappa shape index (κ1) is 26.6. The SMILES string of the molecule is CC[C@H](Nc1ncnc2c1c(Br)cn2S(=O)(=O)c1ccc(C)cc1)c1cccc(N2C[C@@H](C)N[C@@H](C)C2)n1. The van der Waals surface area contributed by atoms with Gasteiger partial charge in [-0.15, -0.1) is 0 Å². The van der Waals surface area contributed by atoms with Crippen molar-refractivity contribution in [2.24, 2.45) is 0 Å². The number of aryl methyl sites for hydroxylation is 1. The second-order valence-corrected chi connectivity index (χ2v) is 12.6. The number of fused-ring (bicyclic) bond motifs is 1. The van der Waals surface area contributed by atoms with E-state index in [0.29, 0.717) is 33.4 Å². The van der Waals surface area contributed by atoms with Gasteiger partial charge in [0.1, 0.15) is 18.0 Å². The molecule has 0 saturated carbocycles. The number of anilines is 2. The maximum atomic E-state index is 13.5. The number of rotatable bonds is 7. The van der Waals surface area contributed by atoms with Crippen LogP contribution in [0.15, 0.2) is 64.4 Å². The molecule has 1 saturated heterocycles. The first-order valence-corrected chi connectivity index (χ1v) is 15.0. The van der Waals surface area contributed by atoms with Crippen molar-refractivity contribution in [1.82, 2.24) is 24.2 Å². The average Bonchev–Trinajstić information content (AvgIpc) is 3.25. The number of nitrogens with one attached hydrogen (secondary N) is 2. The molecule has 1 aromatic carbocycles. The topological polar surface area (TPSA) is 105 Å². The number of benzene rings is 1. The molecule has 3 aromatic heterocycles. The Morgan fingerprint density at radius 3 is 2.50 bits per heavy atom. The smallest absolute Gasteiger partial charge is 0.269 e. The average molecular weight is 599 g/mol. The maximum Gasteiger partial charge on any atom is 0.269 e. The van der Waals surface area contributed by atoms with E-state index >= 15 is 0 Å². The van der Waals surface area contributed by atoms with E-state index in [1.807, 2.05) is 19.1 Å². The molecule has 1 fully saturated rings. The summed E-state index contributed by atoms with van der Waals surface area (Å²) in [6, 6.07) is 13.5. The molecule has 1 aliphatic rings. The van der Waals surface area contributed by atoms with Gasteiger partial charge in [-0.25, -0.2) is 27.3 Å². The summed E-state index contributed by atoms with van der Waals surface area (Å²) in [7, 11) is -3.85. The van der Waals surface area contributed by atoms with Gasteiger partial charge < -0.3 is 15.5 Å². The lowest BCUT2D eigenvalue weighted by Gasteiger charge is -2.37. The summed E-state index contributed by atoms with van der Waals surface area (Å²) in [5.41, 5.74) is 2.19. The van der Waals surface area contributed by atoms with Crippen LogP contribution in [0, 0.1) is 6.92 Å². The van der Waals surface area contributed by atoms with Gasteiger partial charge in [0.25, 0.3) is 10.0 Å². The Morgan fingerprint density at radius 2 is 1.82 bits per heavy atom. The normalized spacial score (nSPS) is 19.0. The number of nitrogens with zero attached hydrogens (tertiary/aromatic N) is 5. The molecule has 11 heteroatoms. The molecule has 0 bridgehead atoms. The van der Waals surface area contributed by atoms with E-state index in [1.54, 1.807) is 24.3 Å². The van der Waals surface area contributed by atoms with E-state index in [9.17, 15) is 8.42 Å². The quantitative estimate of drug-likeness (QED) is 0.310. The highest BCUT2D eigenvalue weighted by molar-refractivity contribution is 9.10. The van der Waals surface area contributed by atoms with E-state index < -0.39 is 10.0 Å². The summed E-state index contributed by atoms with van der Waals surface area (Å²) in [4.78, 5) is 16.3. The van der Waals surface area contributed by atoms with Gasteiger partial charge in [0, 0.05) is 35.8 Å². The van der Waals surface area contributed by atoms with Gasteiger partial charge in [0.05, 0.1) is 22.0 Å². The lowest BCUT2D eigenvalue weighted by molar-refractivity contribution is 0.405. The second kappa shape index (κ2) is 10.6. The van der Waals surface area contributed by atoms with E-state index in [2.05, 4.69) is 68.3 Å². The molecule has 5 rings (SSSR count). The van der Waals surface area contributed by atoms with E-state index in [1.165, 1.54) is 16.5 Å². The summed E-state index contributed by atoms with van der Waals surface area (Å²) >= 11 is 3.55. The molecule has 3 atom stereocenters. The minimum Gasteiger partial charge on any atom is -0.361 e. The molecule has 2 N–H and O–H groups in total. The second-order valence-electron chi connectivity index (χ2n) is 9.91. The highest BCUT2D eigenvalue weighted by Gasteiger charge is 2.26. The minimum atomic E-state index is -3.85. The number of piperazine rings is 1. The summed E-state index contributed by atoms with van der Waals surface area (Å²) < 4.78 is 28.7. The van der Waals surface area contributed by atoms with Crippen molar-refractivity contribution >= 4 is 48.6 Å². The predicted octanol–water partition coefficient (Wildman–Crippen LogP) is 4.88. The zero-order valence-corrected chi connectivity index (χ0v) is 24.3. The molecule has 0 radical (unpaired) electrons. The summed E-state index contributed by atoms with van der Waals surface area (Å²) in [5.74, 6) is 1.50. The van der Waals surface area contributed by atoms with Crippen LogP contribution in [-0.4, -0.2) is 52.5 Å². The molecule has 1 aliphatic heterocycles. The number of hydrogen-bond acceptors (Lipinski definition) is 8. The van der Waals surface area contributed by atoms with Crippen molar-refractivity contribution in [2.45, 2.75) is 57.1 Å². The largest absolute Gasteiger partial charge is 0.361 e. The third-order valence-electron chi connectivity index (χ3n) is 6.80. The number of hydrogen-bond donors (Lipinski definition) is 2. The van der Waals surface area contributed by atoms with Crippen molar-refractivity contribution in [3.8, 4) is 0 Å². The fraction of sp³-hybridized carbons (Fsp3) is 0.370. The van der Waals surface area contributed by atoms with Crippen molar-refractivity contribution in [3.05, 3.63) is 70.7 Å². The standard InChI is InChI=1S/C27H32BrN7O2S/c1-5-22(23-7-6-8-24(32-23)34-13-18(3)31-19(4)14-34)33-26-25-21(28)15-35(27(25)30-16-29-26)38(36,37)20-11-9-17(2)10-12-20/h6-12,15-16,18-19,22,31H,5,13-14H2,1-4H3,(H,29,30,33)/t18-,19+,22-/m0/s1. The highest BCUT2D eigenvalue weighted by atomic mass is 79.9. The van der Waals surface area contributed by atoms with Crippen molar-refractivity contribution in [1.29, 1.82) is 0 Å². The highest BCUT2D eigenvalue weighted by Crippen LogP contribution is 2.34. The first-order chi connectivity index (χ1) is 18.2. The molecule has 4 aromatic rings. The van der Waals surface area contributed by atoms with Crippen molar-refractivity contribution in [3.63, 3.8) is 0 Å². The third kappa shape index (κ3) is 5.14. The monoisotopic (exact) mass is 597 g/mol. The zero-order valence-electron chi connectivity index (χ0n) is 21.9. The Labute approximate surface area is 231 Å². The third-order valence-corrected chi connectivity index (χ3v) is 9.06. The van der Waals surface area contributed by atoms with Crippen LogP contribution in [0.1, 0.15) is 44.5 Å². The number of pyridine rings is 1. The molecule has 0 aliphatic carbocycles. The zero-order chi connectivity index (χ0) is 27.0. The van der Waals surface area contributed by atoms with Crippen LogP contribution in [0.3, 0.4) is 0 Å². The molecule has 4 heterocycles. The van der Waals surface area contributed by atoms with Crippen molar-refractivity contribution in [2.75, 3.05) is 23.3 Å². The Bertz CT molecular complexity index is 1550. The molecule has 0 spiro atoms. The van der Waals surface area contributed by atoms with E-state index in [-0.39, 0.29) is 10.9 Å². The summed E-state index contributed by atoms with van der Waals surface area (Å²) in [6.07, 6.45) is 3.68. The van der Waals surface area contributed by atoms with Gasteiger partial charge in [0.15, 0.2) is 5.65 Å². The lowest BCUT2D eigenvalue weighted by Crippen LogP contribution is -2.54. The van der Waals surface area contributed by atoms with Crippen LogP contribution >= 0.6 is 15.9 Å². The van der Waals surface area contributed by atoms with Gasteiger partial charge in [-0.2, -0.15) is 0 Å². The molecule has 0 amide bonds. The first-order valence-electron chi connectivity index (χ1n) is 12.8. The van der Waals surface area contributed by atoms with Crippen LogP contribution < -0.4 is 15.5 Å².